The molecule has 1 unspecified atom stereocenters. The number of halogens is 1. The van der Waals surface area contributed by atoms with E-state index in [1.54, 1.807) is 43.3 Å². The predicted octanol–water partition coefficient (Wildman–Crippen LogP) is 3.76. The maximum atomic E-state index is 12.4. The van der Waals surface area contributed by atoms with Crippen LogP contribution in [0.15, 0.2) is 36.4 Å². The van der Waals surface area contributed by atoms with Gasteiger partial charge in [-0.3, -0.25) is 9.10 Å². The van der Waals surface area contributed by atoms with E-state index in [-0.39, 0.29) is 5.91 Å². The van der Waals surface area contributed by atoms with E-state index in [0.29, 0.717) is 22.1 Å². The largest absolute Gasteiger partial charge is 0.481 e. The number of hydrogen-bond acceptors (Lipinski definition) is 4. The van der Waals surface area contributed by atoms with Gasteiger partial charge in [0.15, 0.2) is 6.10 Å². The highest BCUT2D eigenvalue weighted by Crippen LogP contribution is 2.27. The van der Waals surface area contributed by atoms with Gasteiger partial charge in [0.05, 0.1) is 11.9 Å². The lowest BCUT2D eigenvalue weighted by Gasteiger charge is -2.19. The third-order valence-electron chi connectivity index (χ3n) is 4.07. The van der Waals surface area contributed by atoms with Gasteiger partial charge in [-0.1, -0.05) is 17.7 Å². The molecule has 146 valence electrons. The molecule has 8 heteroatoms. The van der Waals surface area contributed by atoms with E-state index in [1.807, 2.05) is 13.8 Å². The van der Waals surface area contributed by atoms with Crippen LogP contribution < -0.4 is 14.4 Å². The van der Waals surface area contributed by atoms with Crippen molar-refractivity contribution < 1.29 is 17.9 Å². The first-order valence-corrected chi connectivity index (χ1v) is 10.5. The van der Waals surface area contributed by atoms with Crippen molar-refractivity contribution in [3.8, 4) is 5.75 Å². The molecule has 0 fully saturated rings. The molecular weight excluding hydrogens is 388 g/mol. The molecule has 0 spiro atoms. The molecule has 0 saturated heterocycles. The Kier molecular flexibility index (Phi) is 6.38. The zero-order chi connectivity index (χ0) is 20.4. The second-order valence-electron chi connectivity index (χ2n) is 6.40. The molecule has 1 amide bonds. The Morgan fingerprint density at radius 1 is 1.19 bits per heavy atom. The highest BCUT2D eigenvalue weighted by molar-refractivity contribution is 7.92. The monoisotopic (exact) mass is 410 g/mol. The number of nitrogens with one attached hydrogen (secondary N) is 1. The number of benzene rings is 2. The molecule has 0 aliphatic carbocycles. The second-order valence-corrected chi connectivity index (χ2v) is 8.79. The highest BCUT2D eigenvalue weighted by Gasteiger charge is 2.17. The fourth-order valence-corrected chi connectivity index (χ4v) is 3.05. The number of anilines is 2. The topological polar surface area (TPSA) is 75.7 Å². The molecule has 0 aliphatic rings. The lowest BCUT2D eigenvalue weighted by Crippen LogP contribution is -2.30. The first-order valence-electron chi connectivity index (χ1n) is 8.27. The van der Waals surface area contributed by atoms with Gasteiger partial charge in [0.2, 0.25) is 10.0 Å². The summed E-state index contributed by atoms with van der Waals surface area (Å²) in [7, 11) is -1.93. The Morgan fingerprint density at radius 2 is 1.78 bits per heavy atom. The summed E-state index contributed by atoms with van der Waals surface area (Å²) in [6.45, 7) is 5.38. The van der Waals surface area contributed by atoms with Crippen LogP contribution in [0.3, 0.4) is 0 Å². The SMILES string of the molecule is Cc1cc(OC(C)C(=O)Nc2cccc(N(C)S(C)(=O)=O)c2)cc(C)c1Cl. The first-order chi connectivity index (χ1) is 12.5. The van der Waals surface area contributed by atoms with Crippen molar-refractivity contribution in [3.05, 3.63) is 52.5 Å². The number of carbonyl (C=O) groups excluding carboxylic acids is 1. The lowest BCUT2D eigenvalue weighted by molar-refractivity contribution is -0.122. The molecule has 0 aliphatic heterocycles. The summed E-state index contributed by atoms with van der Waals surface area (Å²) in [6, 6.07) is 10.1. The van der Waals surface area contributed by atoms with Crippen molar-refractivity contribution in [1.82, 2.24) is 0 Å². The molecule has 0 heterocycles. The van der Waals surface area contributed by atoms with E-state index >= 15 is 0 Å². The van der Waals surface area contributed by atoms with Crippen LogP contribution in [0.4, 0.5) is 11.4 Å². The summed E-state index contributed by atoms with van der Waals surface area (Å²) >= 11 is 6.15. The molecule has 0 bridgehead atoms. The zero-order valence-corrected chi connectivity index (χ0v) is 17.5. The maximum Gasteiger partial charge on any atom is 0.265 e. The number of carbonyl (C=O) groups is 1. The Morgan fingerprint density at radius 3 is 2.33 bits per heavy atom. The predicted molar refractivity (Wildman–Crippen MR) is 109 cm³/mol. The molecule has 2 rings (SSSR count). The van der Waals surface area contributed by atoms with Crippen LogP contribution in [0.1, 0.15) is 18.1 Å². The number of sulfonamides is 1. The molecule has 1 atom stereocenters. The van der Waals surface area contributed by atoms with Crippen molar-refractivity contribution in [2.24, 2.45) is 0 Å². The number of aryl methyl sites for hydroxylation is 2. The summed E-state index contributed by atoms with van der Waals surface area (Å²) in [4.78, 5) is 12.4. The van der Waals surface area contributed by atoms with Crippen molar-refractivity contribution in [3.63, 3.8) is 0 Å². The molecule has 27 heavy (non-hydrogen) atoms. The van der Waals surface area contributed by atoms with E-state index in [0.717, 1.165) is 21.7 Å². The van der Waals surface area contributed by atoms with E-state index in [4.69, 9.17) is 16.3 Å². The van der Waals surface area contributed by atoms with Crippen LogP contribution >= 0.6 is 11.6 Å². The molecule has 1 N–H and O–H groups in total. The first kappa shape index (κ1) is 21.1. The van der Waals surface area contributed by atoms with Gasteiger partial charge in [-0.15, -0.1) is 0 Å². The zero-order valence-electron chi connectivity index (χ0n) is 15.9. The van der Waals surface area contributed by atoms with Crippen molar-refractivity contribution >= 4 is 38.9 Å². The number of ether oxygens (including phenoxy) is 1. The van der Waals surface area contributed by atoms with E-state index in [9.17, 15) is 13.2 Å². The number of amides is 1. The Hall–Kier alpha value is -2.25. The Balaban J connectivity index is 2.11. The maximum absolute atomic E-state index is 12.4. The molecule has 2 aromatic rings. The van der Waals surface area contributed by atoms with Gasteiger partial charge in [0.25, 0.3) is 5.91 Å². The van der Waals surface area contributed by atoms with E-state index in [2.05, 4.69) is 5.32 Å². The highest BCUT2D eigenvalue weighted by atomic mass is 35.5. The third-order valence-corrected chi connectivity index (χ3v) is 5.87. The fourth-order valence-electron chi connectivity index (χ4n) is 2.45. The van der Waals surface area contributed by atoms with Crippen LogP contribution in [0.2, 0.25) is 5.02 Å². The van der Waals surface area contributed by atoms with E-state index in [1.165, 1.54) is 7.05 Å². The van der Waals surface area contributed by atoms with Gasteiger partial charge in [-0.05, 0) is 62.2 Å². The van der Waals surface area contributed by atoms with Crippen molar-refractivity contribution in [2.75, 3.05) is 22.9 Å². The standard InChI is InChI=1S/C19H23ClN2O4S/c1-12-9-17(10-13(2)18(12)20)26-14(3)19(23)21-15-7-6-8-16(11-15)22(4)27(5,24)25/h6-11,14H,1-5H3,(H,21,23). The average molecular weight is 411 g/mol. The third kappa shape index (κ3) is 5.37. The summed E-state index contributed by atoms with van der Waals surface area (Å²) in [5.41, 5.74) is 2.67. The van der Waals surface area contributed by atoms with Crippen LogP contribution in [0.25, 0.3) is 0 Å². The van der Waals surface area contributed by atoms with Crippen LogP contribution in [0.5, 0.6) is 5.75 Å². The lowest BCUT2D eigenvalue weighted by atomic mass is 10.1. The summed E-state index contributed by atoms with van der Waals surface area (Å²) < 4.78 is 30.2. The molecule has 0 saturated carbocycles. The number of nitrogens with zero attached hydrogens (tertiary/aromatic N) is 1. The molecule has 0 aromatic heterocycles. The minimum Gasteiger partial charge on any atom is -0.481 e. The van der Waals surface area contributed by atoms with Crippen molar-refractivity contribution in [2.45, 2.75) is 26.9 Å². The smallest absolute Gasteiger partial charge is 0.265 e. The Bertz CT molecular complexity index is 937. The quantitative estimate of drug-likeness (QED) is 0.786. The van der Waals surface area contributed by atoms with Crippen molar-refractivity contribution in [1.29, 1.82) is 0 Å². The van der Waals surface area contributed by atoms with Gasteiger partial charge in [-0.25, -0.2) is 8.42 Å². The van der Waals surface area contributed by atoms with E-state index < -0.39 is 16.1 Å². The minimum absolute atomic E-state index is 0.348. The van der Waals surface area contributed by atoms with Gasteiger partial charge in [0.1, 0.15) is 5.75 Å². The van der Waals surface area contributed by atoms with Gasteiger partial charge in [-0.2, -0.15) is 0 Å². The molecule has 2 aromatic carbocycles. The summed E-state index contributed by atoms with van der Waals surface area (Å²) in [5, 5.41) is 3.41. The second kappa shape index (κ2) is 8.19. The van der Waals surface area contributed by atoms with Crippen LogP contribution in [0, 0.1) is 13.8 Å². The number of rotatable bonds is 6. The average Bonchev–Trinajstić information content (AvgIpc) is 2.58. The number of hydrogen-bond donors (Lipinski definition) is 1. The molecular formula is C19H23ClN2O4S. The summed E-state index contributed by atoms with van der Waals surface area (Å²) in [6.07, 6.45) is 0.367. The molecule has 0 radical (unpaired) electrons. The van der Waals surface area contributed by atoms with Crippen LogP contribution in [-0.2, 0) is 14.8 Å². The fraction of sp³-hybridized carbons (Fsp3) is 0.316. The van der Waals surface area contributed by atoms with Gasteiger partial charge >= 0.3 is 0 Å². The van der Waals surface area contributed by atoms with Crippen LogP contribution in [-0.4, -0.2) is 33.7 Å². The Labute approximate surface area is 165 Å². The van der Waals surface area contributed by atoms with Gasteiger partial charge < -0.3 is 10.1 Å². The minimum atomic E-state index is -3.38. The summed E-state index contributed by atoms with van der Waals surface area (Å²) in [5.74, 6) is 0.210. The van der Waals surface area contributed by atoms with Gasteiger partial charge in [0, 0.05) is 17.8 Å². The molecule has 6 nitrogen and oxygen atoms in total. The normalized spacial score (nSPS) is 12.4.